The summed E-state index contributed by atoms with van der Waals surface area (Å²) in [6.07, 6.45) is 10.5. The Bertz CT molecular complexity index is 515. The molecule has 0 amide bonds. The molecule has 0 nitrogen and oxygen atoms in total. The van der Waals surface area contributed by atoms with Crippen molar-refractivity contribution in [3.8, 4) is 0 Å². The van der Waals surface area contributed by atoms with Crippen LogP contribution in [0, 0.1) is 0 Å². The summed E-state index contributed by atoms with van der Waals surface area (Å²) in [6.45, 7) is 0. The van der Waals surface area contributed by atoms with Crippen molar-refractivity contribution in [1.82, 2.24) is 0 Å². The minimum atomic E-state index is -0.785. The topological polar surface area (TPSA) is 0 Å². The fourth-order valence-corrected chi connectivity index (χ4v) is 47.5. The summed E-state index contributed by atoms with van der Waals surface area (Å²) in [5.41, 5.74) is 10.6. The lowest BCUT2D eigenvalue weighted by molar-refractivity contribution is 1.07. The van der Waals surface area contributed by atoms with Crippen molar-refractivity contribution in [1.29, 1.82) is 0 Å². The van der Waals surface area contributed by atoms with E-state index in [1.165, 1.54) is 20.7 Å². The molecule has 0 aliphatic carbocycles. The Balaban J connectivity index is 1.59. The van der Waals surface area contributed by atoms with Gasteiger partial charge in [-0.25, -0.2) is 0 Å². The Hall–Kier alpha value is -0.172. The summed E-state index contributed by atoms with van der Waals surface area (Å²) < 4.78 is 0. The zero-order chi connectivity index (χ0) is 10.1. The summed E-state index contributed by atoms with van der Waals surface area (Å²) in [5, 5.41) is 4.88. The van der Waals surface area contributed by atoms with Gasteiger partial charge in [-0.3, -0.25) is 0 Å². The van der Waals surface area contributed by atoms with Gasteiger partial charge in [-0.1, -0.05) is 47.1 Å². The molecule has 2 fully saturated rings. The summed E-state index contributed by atoms with van der Waals surface area (Å²) in [5.74, 6) is 0. The highest BCUT2D eigenvalue weighted by molar-refractivity contribution is 7.35. The Morgan fingerprint density at radius 2 is 0.875 bits per heavy atom. The van der Waals surface area contributed by atoms with Gasteiger partial charge in [0.2, 0.25) is 0 Å². The molecule has 2 saturated heterocycles. The standard InChI is InChI=1S/C12H12Si4/c1-5-15-6-2-10(15)13(9(1)15)14-11-3-7-16(11)8-4-12(14)16/h1-12H. The van der Waals surface area contributed by atoms with Crippen molar-refractivity contribution >= 4 is 31.9 Å². The fraction of sp³-hybridized carbons (Fsp3) is 0.333. The van der Waals surface area contributed by atoms with Crippen LogP contribution in [0.4, 0.5) is 0 Å². The van der Waals surface area contributed by atoms with E-state index < -0.39 is 16.1 Å². The first-order valence-electron chi connectivity index (χ1n) is 6.38. The monoisotopic (exact) mass is 268 g/mol. The molecule has 0 radical (unpaired) electrons. The molecule has 6 aliphatic rings. The fourth-order valence-electron chi connectivity index (χ4n) is 4.98. The molecule has 0 aromatic carbocycles. The van der Waals surface area contributed by atoms with Crippen molar-refractivity contribution in [2.24, 2.45) is 0 Å². The Morgan fingerprint density at radius 1 is 0.562 bits per heavy atom. The maximum Gasteiger partial charge on any atom is 0.115 e. The van der Waals surface area contributed by atoms with E-state index in [0.717, 1.165) is 0 Å². The van der Waals surface area contributed by atoms with Crippen molar-refractivity contribution in [2.45, 2.75) is 20.7 Å². The third-order valence-corrected chi connectivity index (χ3v) is 37.3. The largest absolute Gasteiger partial charge is 0.115 e. The van der Waals surface area contributed by atoms with E-state index in [-0.39, 0.29) is 15.8 Å². The molecular formula is C12H12Si4. The van der Waals surface area contributed by atoms with E-state index in [9.17, 15) is 0 Å². The van der Waals surface area contributed by atoms with Crippen LogP contribution < -0.4 is 0 Å². The van der Waals surface area contributed by atoms with Gasteiger partial charge in [0, 0.05) is 0 Å². The summed E-state index contributed by atoms with van der Waals surface area (Å²) in [4.78, 5) is 0. The normalized spacial score (nSPS) is 63.5. The zero-order valence-electron chi connectivity index (χ0n) is 8.93. The van der Waals surface area contributed by atoms with E-state index in [4.69, 9.17) is 0 Å². The van der Waals surface area contributed by atoms with Crippen LogP contribution in [0.3, 0.4) is 0 Å². The highest BCUT2D eigenvalue weighted by atomic mass is 28.9. The molecule has 0 N–H and O–H groups in total. The first kappa shape index (κ1) is 8.02. The molecule has 0 aromatic rings. The van der Waals surface area contributed by atoms with Gasteiger partial charge in [-0.2, -0.15) is 0 Å². The quantitative estimate of drug-likeness (QED) is 0.590. The smallest absolute Gasteiger partial charge is 0.0935 e. The zero-order valence-corrected chi connectivity index (χ0v) is 12.9. The number of hydrogen-bond donors (Lipinski definition) is 0. The van der Waals surface area contributed by atoms with Gasteiger partial charge in [0.1, 0.15) is 16.1 Å². The van der Waals surface area contributed by atoms with Gasteiger partial charge in [-0.05, 0) is 36.4 Å². The molecule has 16 heavy (non-hydrogen) atoms. The molecule has 2 spiro atoms. The summed E-state index contributed by atoms with van der Waals surface area (Å²) in [6, 6.07) is 0. The van der Waals surface area contributed by atoms with E-state index in [0.29, 0.717) is 0 Å². The van der Waals surface area contributed by atoms with Crippen LogP contribution in [0.2, 0.25) is 20.7 Å². The van der Waals surface area contributed by atoms with Crippen molar-refractivity contribution in [3.05, 3.63) is 47.1 Å². The van der Waals surface area contributed by atoms with Crippen LogP contribution in [-0.2, 0) is 0 Å². The number of rotatable bonds is 0. The van der Waals surface area contributed by atoms with Gasteiger partial charge >= 0.3 is 0 Å². The second kappa shape index (κ2) is 1.98. The minimum Gasteiger partial charge on any atom is -0.0935 e. The van der Waals surface area contributed by atoms with E-state index in [1.54, 1.807) is 0 Å². The van der Waals surface area contributed by atoms with E-state index in [2.05, 4.69) is 47.1 Å². The second-order valence-corrected chi connectivity index (χ2v) is 24.2. The molecule has 0 saturated carbocycles. The molecule has 4 unspecified atom stereocenters. The van der Waals surface area contributed by atoms with Crippen molar-refractivity contribution in [2.75, 3.05) is 0 Å². The number of allylic oxidation sites excluding steroid dienone is 4. The van der Waals surface area contributed by atoms with Crippen molar-refractivity contribution in [3.63, 3.8) is 0 Å². The third-order valence-electron chi connectivity index (χ3n) is 6.14. The maximum absolute atomic E-state index is 2.65. The van der Waals surface area contributed by atoms with E-state index >= 15 is 0 Å². The minimum absolute atomic E-state index is 0.0787. The van der Waals surface area contributed by atoms with Crippen molar-refractivity contribution < 1.29 is 0 Å². The molecule has 4 atom stereocenters. The Labute approximate surface area is 99.6 Å². The Kier molecular flexibility index (Phi) is 0.993. The first-order chi connectivity index (χ1) is 7.87. The van der Waals surface area contributed by atoms with Crippen LogP contribution in [0.15, 0.2) is 47.1 Å². The number of hydrogen-bond acceptors (Lipinski definition) is 0. The van der Waals surface area contributed by atoms with Crippen LogP contribution in [0.5, 0.6) is 0 Å². The average molecular weight is 269 g/mol. The lowest BCUT2D eigenvalue weighted by Gasteiger charge is -2.69. The van der Waals surface area contributed by atoms with Crippen LogP contribution in [0.25, 0.3) is 0 Å². The Morgan fingerprint density at radius 3 is 1.06 bits per heavy atom. The van der Waals surface area contributed by atoms with E-state index in [1.807, 2.05) is 0 Å². The van der Waals surface area contributed by atoms with Crippen LogP contribution >= 0.6 is 0 Å². The average Bonchev–Trinajstić information content (AvgIpc) is 2.08. The van der Waals surface area contributed by atoms with Gasteiger partial charge in [0.15, 0.2) is 0 Å². The molecule has 76 valence electrons. The molecule has 0 bridgehead atoms. The van der Waals surface area contributed by atoms with Gasteiger partial charge in [0.25, 0.3) is 0 Å². The lowest BCUT2D eigenvalue weighted by Crippen LogP contribution is -2.77. The molecule has 4 heteroatoms. The predicted octanol–water partition coefficient (Wildman–Crippen LogP) is 2.05. The van der Waals surface area contributed by atoms with Gasteiger partial charge < -0.3 is 0 Å². The SMILES string of the molecule is C1=C[Si]23C=CC2[Si](=[Si]2C4C=C[Si]45C=CC25)C13. The maximum atomic E-state index is 2.65. The molecular weight excluding hydrogens is 256 g/mol. The first-order valence-corrected chi connectivity index (χ1v) is 15.3. The summed E-state index contributed by atoms with van der Waals surface area (Å²) >= 11 is 0. The van der Waals surface area contributed by atoms with Crippen LogP contribution in [0.1, 0.15) is 0 Å². The van der Waals surface area contributed by atoms with Crippen LogP contribution in [-0.4, -0.2) is 31.9 Å². The highest BCUT2D eigenvalue weighted by Crippen LogP contribution is 2.67. The molecule has 6 heterocycles. The second-order valence-electron chi connectivity index (χ2n) is 6.26. The molecule has 6 rings (SSSR count). The highest BCUT2D eigenvalue weighted by Gasteiger charge is 2.71. The molecule has 0 aromatic heterocycles. The summed E-state index contributed by atoms with van der Waals surface area (Å²) in [7, 11) is -1.41. The van der Waals surface area contributed by atoms with Gasteiger partial charge in [0.05, 0.1) is 0 Å². The predicted molar refractivity (Wildman–Crippen MR) is 74.6 cm³/mol. The third kappa shape index (κ3) is 0.495. The lowest BCUT2D eigenvalue weighted by atomic mass is 10.6. The molecule has 6 aliphatic heterocycles. The van der Waals surface area contributed by atoms with Gasteiger partial charge in [-0.15, -0.1) is 0 Å².